The summed E-state index contributed by atoms with van der Waals surface area (Å²) in [6.07, 6.45) is 11.6. The molecule has 0 heterocycles. The van der Waals surface area contributed by atoms with Crippen molar-refractivity contribution in [3.05, 3.63) is 0 Å². The van der Waals surface area contributed by atoms with Crippen molar-refractivity contribution in [3.8, 4) is 0 Å². The van der Waals surface area contributed by atoms with Gasteiger partial charge in [0.05, 0.1) is 0 Å². The fraction of sp³-hybridized carbons (Fsp3) is 1.00. The van der Waals surface area contributed by atoms with Crippen LogP contribution in [0.15, 0.2) is 0 Å². The molecule has 0 nitrogen and oxygen atoms in total. The third-order valence-corrected chi connectivity index (χ3v) is 13.4. The number of halogens is 3. The first kappa shape index (κ1) is 15.1. The molecule has 0 aliphatic heterocycles. The second-order valence-electron chi connectivity index (χ2n) is 7.37. The van der Waals surface area contributed by atoms with Crippen LogP contribution in [0.1, 0.15) is 77.0 Å². The fourth-order valence-electron chi connectivity index (χ4n) is 5.90. The van der Waals surface area contributed by atoms with Gasteiger partial charge in [-0.1, -0.05) is 0 Å². The van der Waals surface area contributed by atoms with Gasteiger partial charge in [-0.3, -0.25) is 0 Å². The average Bonchev–Trinajstić information content (AvgIpc) is 3.13. The zero-order chi connectivity index (χ0) is 14.2. The van der Waals surface area contributed by atoms with Crippen LogP contribution >= 0.6 is 7.26 Å². The second kappa shape index (κ2) is 5.78. The van der Waals surface area contributed by atoms with Crippen molar-refractivity contribution in [2.24, 2.45) is 0 Å². The van der Waals surface area contributed by atoms with E-state index in [1.807, 2.05) is 0 Å². The number of hydrogen-bond donors (Lipinski definition) is 0. The van der Waals surface area contributed by atoms with E-state index in [0.717, 1.165) is 77.0 Å². The normalized spacial score (nSPS) is 28.6. The fourth-order valence-corrected chi connectivity index (χ4v) is 13.4. The van der Waals surface area contributed by atoms with Crippen molar-refractivity contribution in [2.45, 2.75) is 99.9 Å². The van der Waals surface area contributed by atoms with Crippen molar-refractivity contribution in [2.75, 3.05) is 0 Å². The van der Waals surface area contributed by atoms with Gasteiger partial charge in [0.1, 0.15) is 0 Å². The molecule has 0 unspecified atom stereocenters. The van der Waals surface area contributed by atoms with Gasteiger partial charge in [0.25, 0.3) is 0 Å². The Labute approximate surface area is 121 Å². The summed E-state index contributed by atoms with van der Waals surface area (Å²) in [5.74, 6) is -3.86. The van der Waals surface area contributed by atoms with E-state index in [9.17, 15) is 13.2 Å². The first-order valence-corrected chi connectivity index (χ1v) is 10.9. The molecule has 0 atom stereocenters. The summed E-state index contributed by atoms with van der Waals surface area (Å²) >= 11 is 0. The standard InChI is InChI=1S/C16H28F3P/c17-16(18,19)20(13-7-1-2-8-13,14-9-3-4-10-14)15-11-5-6-12-15/h13-15,20H,1-12H2. The first-order chi connectivity index (χ1) is 9.57. The van der Waals surface area contributed by atoms with Gasteiger partial charge in [-0.15, -0.1) is 0 Å². The maximum absolute atomic E-state index is 14.4. The van der Waals surface area contributed by atoms with Crippen molar-refractivity contribution >= 4 is 7.26 Å². The molecule has 118 valence electrons. The minimum atomic E-state index is -3.86. The third kappa shape index (κ3) is 2.32. The molecule has 0 spiro atoms. The van der Waals surface area contributed by atoms with E-state index in [0.29, 0.717) is 0 Å². The SMILES string of the molecule is FC(F)(F)[PH](C1CCCC1)(C1CCCC1)C1CCCC1. The van der Waals surface area contributed by atoms with Crippen LogP contribution in [0.2, 0.25) is 0 Å². The van der Waals surface area contributed by atoms with Crippen LogP contribution in [0.3, 0.4) is 0 Å². The quantitative estimate of drug-likeness (QED) is 0.554. The van der Waals surface area contributed by atoms with E-state index in [2.05, 4.69) is 0 Å². The van der Waals surface area contributed by atoms with Crippen LogP contribution in [-0.4, -0.2) is 22.9 Å². The van der Waals surface area contributed by atoms with Gasteiger partial charge in [0, 0.05) is 0 Å². The summed E-state index contributed by atoms with van der Waals surface area (Å²) in [6.45, 7) is 0. The predicted molar refractivity (Wildman–Crippen MR) is 81.1 cm³/mol. The van der Waals surface area contributed by atoms with E-state index >= 15 is 0 Å². The monoisotopic (exact) mass is 308 g/mol. The molecule has 3 aliphatic carbocycles. The molecule has 0 bridgehead atoms. The van der Waals surface area contributed by atoms with Crippen molar-refractivity contribution in [3.63, 3.8) is 0 Å². The van der Waals surface area contributed by atoms with E-state index in [1.165, 1.54) is 0 Å². The molecule has 0 saturated heterocycles. The molecule has 0 aromatic rings. The van der Waals surface area contributed by atoms with Crippen LogP contribution < -0.4 is 0 Å². The molecule has 0 N–H and O–H groups in total. The molecule has 3 rings (SSSR count). The third-order valence-electron chi connectivity index (χ3n) is 6.58. The van der Waals surface area contributed by atoms with Crippen molar-refractivity contribution in [1.82, 2.24) is 0 Å². The van der Waals surface area contributed by atoms with Crippen molar-refractivity contribution in [1.29, 1.82) is 0 Å². The van der Waals surface area contributed by atoms with Gasteiger partial charge >= 0.3 is 120 Å². The number of rotatable bonds is 3. The van der Waals surface area contributed by atoms with Crippen LogP contribution in [0.5, 0.6) is 0 Å². The summed E-state index contributed by atoms with van der Waals surface area (Å²) < 4.78 is 43.2. The summed E-state index contributed by atoms with van der Waals surface area (Å²) in [6, 6.07) is 0. The van der Waals surface area contributed by atoms with Gasteiger partial charge in [0.2, 0.25) is 0 Å². The maximum atomic E-state index is 14.4. The summed E-state index contributed by atoms with van der Waals surface area (Å²) in [5.41, 5.74) is 0.191. The topological polar surface area (TPSA) is 0 Å². The first-order valence-electron chi connectivity index (χ1n) is 8.63. The Morgan fingerprint density at radius 1 is 0.550 bits per heavy atom. The summed E-state index contributed by atoms with van der Waals surface area (Å²) in [7, 11) is -3.20. The van der Waals surface area contributed by atoms with Crippen LogP contribution in [-0.2, 0) is 0 Å². The van der Waals surface area contributed by atoms with E-state index in [-0.39, 0.29) is 17.0 Å². The minimum absolute atomic E-state index is 0.0636. The molecule has 3 saturated carbocycles. The van der Waals surface area contributed by atoms with Crippen LogP contribution in [0, 0.1) is 0 Å². The molecule has 0 aromatic heterocycles. The zero-order valence-electron chi connectivity index (χ0n) is 12.4. The Morgan fingerprint density at radius 3 is 1.00 bits per heavy atom. The van der Waals surface area contributed by atoms with E-state index in [4.69, 9.17) is 0 Å². The summed E-state index contributed by atoms with van der Waals surface area (Å²) in [5, 5.41) is 0. The van der Waals surface area contributed by atoms with Gasteiger partial charge < -0.3 is 0 Å². The zero-order valence-corrected chi connectivity index (χ0v) is 13.4. The molecular formula is C16H28F3P. The molecule has 0 amide bonds. The number of alkyl halides is 3. The average molecular weight is 308 g/mol. The molecule has 0 aromatic carbocycles. The Balaban J connectivity index is 2.01. The Bertz CT molecular complexity index is 280. The Hall–Kier alpha value is 0.220. The molecule has 20 heavy (non-hydrogen) atoms. The number of hydrogen-bond acceptors (Lipinski definition) is 0. The van der Waals surface area contributed by atoms with E-state index < -0.39 is 13.2 Å². The van der Waals surface area contributed by atoms with Gasteiger partial charge in [-0.2, -0.15) is 0 Å². The molecule has 3 fully saturated rings. The summed E-state index contributed by atoms with van der Waals surface area (Å²) in [4.78, 5) is 0. The molecular weight excluding hydrogens is 280 g/mol. The van der Waals surface area contributed by atoms with E-state index in [1.54, 1.807) is 0 Å². The van der Waals surface area contributed by atoms with Gasteiger partial charge in [-0.25, -0.2) is 0 Å². The van der Waals surface area contributed by atoms with Crippen LogP contribution in [0.25, 0.3) is 0 Å². The van der Waals surface area contributed by atoms with Gasteiger partial charge in [0.15, 0.2) is 0 Å². The molecule has 3 aliphatic rings. The van der Waals surface area contributed by atoms with Crippen molar-refractivity contribution < 1.29 is 13.2 Å². The molecule has 0 radical (unpaired) electrons. The molecule has 4 heteroatoms. The van der Waals surface area contributed by atoms with Gasteiger partial charge in [-0.05, 0) is 0 Å². The second-order valence-corrected chi connectivity index (χ2v) is 12.3. The Kier molecular flexibility index (Phi) is 4.37. The predicted octanol–water partition coefficient (Wildman–Crippen LogP) is 6.08. The van der Waals surface area contributed by atoms with Crippen LogP contribution in [0.4, 0.5) is 13.2 Å². The Morgan fingerprint density at radius 2 is 0.800 bits per heavy atom.